The maximum absolute atomic E-state index is 3.45. The van der Waals surface area contributed by atoms with E-state index in [0.29, 0.717) is 0 Å². The van der Waals surface area contributed by atoms with Crippen molar-refractivity contribution >= 4 is 16.3 Å². The Balaban J connectivity index is 3.04. The molecule has 0 fully saturated rings. The van der Waals surface area contributed by atoms with Gasteiger partial charge in [0.1, 0.15) is 0 Å². The fourth-order valence-electron chi connectivity index (χ4n) is 0.982. The fourth-order valence-corrected chi connectivity index (χ4v) is 1.14. The molecule has 1 aromatic rings. The molecule has 1 heteroatoms. The molecule has 1 rings (SSSR count). The summed E-state index contributed by atoms with van der Waals surface area (Å²) in [6.07, 6.45) is 2.12. The third-order valence-corrected chi connectivity index (χ3v) is 1.70. The van der Waals surface area contributed by atoms with Gasteiger partial charge in [0.2, 0.25) is 0 Å². The van der Waals surface area contributed by atoms with Crippen LogP contribution in [-0.2, 0) is 0 Å². The van der Waals surface area contributed by atoms with Crippen LogP contribution in [0, 0.1) is 6.92 Å². The zero-order chi connectivity index (χ0) is 8.27. The first-order valence-corrected chi connectivity index (χ1v) is 4.15. The number of aryl methyl sites for hydroxylation is 1. The van der Waals surface area contributed by atoms with E-state index in [0.717, 1.165) is 5.20 Å². The van der Waals surface area contributed by atoms with Crippen molar-refractivity contribution in [2.45, 2.75) is 13.8 Å². The predicted molar refractivity (Wildman–Crippen MR) is 50.6 cm³/mol. The molecule has 0 aliphatic rings. The van der Waals surface area contributed by atoms with Crippen LogP contribution in [0.25, 0.3) is 6.08 Å². The second kappa shape index (κ2) is 3.53. The summed E-state index contributed by atoms with van der Waals surface area (Å²) in [6.45, 7) is 4.14. The van der Waals surface area contributed by atoms with Gasteiger partial charge < -0.3 is 0 Å². The summed E-state index contributed by atoms with van der Waals surface area (Å²) >= 11 is 0. The monoisotopic (exact) mass is 159 g/mol. The third-order valence-electron chi connectivity index (χ3n) is 1.56. The van der Waals surface area contributed by atoms with E-state index in [1.165, 1.54) is 11.1 Å². The smallest absolute Gasteiger partial charge is 0.0646 e. The van der Waals surface area contributed by atoms with Gasteiger partial charge >= 0.3 is 0 Å². The Labute approximate surface area is 71.4 Å². The van der Waals surface area contributed by atoms with Crippen molar-refractivity contribution in [3.05, 3.63) is 40.6 Å². The predicted octanol–water partition coefficient (Wildman–Crippen LogP) is 2.52. The molecule has 0 spiro atoms. The summed E-state index contributed by atoms with van der Waals surface area (Å²) in [6, 6.07) is 8.32. The molecule has 0 amide bonds. The average molecular weight is 159 g/mol. The quantitative estimate of drug-likeness (QED) is 0.552. The standard InChI is InChI=1S/C10H11Si/c1-8-5-3-4-6-10(8)7-9(2)11/h3-7H,1-2H3. The van der Waals surface area contributed by atoms with E-state index in [4.69, 9.17) is 0 Å². The van der Waals surface area contributed by atoms with Gasteiger partial charge in [-0.25, -0.2) is 0 Å². The summed E-state index contributed by atoms with van der Waals surface area (Å²) in [5.74, 6) is 0. The maximum Gasteiger partial charge on any atom is 0.0646 e. The summed E-state index contributed by atoms with van der Waals surface area (Å²) < 4.78 is 0. The van der Waals surface area contributed by atoms with Gasteiger partial charge in [-0.2, -0.15) is 0 Å². The summed E-state index contributed by atoms with van der Waals surface area (Å²) in [7, 11) is 3.45. The molecule has 0 bridgehead atoms. The molecule has 0 atom stereocenters. The number of hydrogen-bond acceptors (Lipinski definition) is 0. The lowest BCUT2D eigenvalue weighted by Gasteiger charge is -1.98. The van der Waals surface area contributed by atoms with Crippen LogP contribution < -0.4 is 0 Å². The van der Waals surface area contributed by atoms with Gasteiger partial charge in [-0.05, 0) is 25.0 Å². The number of hydrogen-bond donors (Lipinski definition) is 0. The van der Waals surface area contributed by atoms with Gasteiger partial charge in [-0.15, -0.1) is 0 Å². The van der Waals surface area contributed by atoms with Crippen LogP contribution >= 0.6 is 0 Å². The first-order valence-electron chi connectivity index (χ1n) is 3.65. The Morgan fingerprint density at radius 1 is 1.36 bits per heavy atom. The molecular formula is C10H11Si. The van der Waals surface area contributed by atoms with Crippen molar-refractivity contribution < 1.29 is 0 Å². The van der Waals surface area contributed by atoms with Gasteiger partial charge in [0.15, 0.2) is 0 Å². The highest BCUT2D eigenvalue weighted by Gasteiger charge is 1.90. The first kappa shape index (κ1) is 8.28. The molecule has 0 N–H and O–H groups in total. The van der Waals surface area contributed by atoms with Crippen LogP contribution in [0.3, 0.4) is 0 Å². The van der Waals surface area contributed by atoms with Gasteiger partial charge in [0, 0.05) is 0 Å². The van der Waals surface area contributed by atoms with Gasteiger partial charge in [-0.3, -0.25) is 0 Å². The van der Waals surface area contributed by atoms with E-state index in [-0.39, 0.29) is 0 Å². The summed E-state index contributed by atoms with van der Waals surface area (Å²) in [4.78, 5) is 0. The van der Waals surface area contributed by atoms with Crippen LogP contribution in [-0.4, -0.2) is 10.2 Å². The molecule has 55 valence electrons. The first-order chi connectivity index (χ1) is 5.20. The molecule has 0 saturated heterocycles. The van der Waals surface area contributed by atoms with Gasteiger partial charge in [0.05, 0.1) is 10.2 Å². The maximum atomic E-state index is 3.45. The molecule has 0 nitrogen and oxygen atoms in total. The number of allylic oxidation sites excluding steroid dienone is 1. The molecule has 1 aromatic carbocycles. The number of benzene rings is 1. The summed E-state index contributed by atoms with van der Waals surface area (Å²) in [5, 5.41) is 1.15. The van der Waals surface area contributed by atoms with Crippen LogP contribution in [0.15, 0.2) is 29.5 Å². The molecule has 0 aromatic heterocycles. The van der Waals surface area contributed by atoms with Crippen LogP contribution in [0.4, 0.5) is 0 Å². The fraction of sp³-hybridized carbons (Fsp3) is 0.200. The molecule has 11 heavy (non-hydrogen) atoms. The number of rotatable bonds is 1. The zero-order valence-corrected chi connectivity index (χ0v) is 7.89. The van der Waals surface area contributed by atoms with Crippen LogP contribution in [0.2, 0.25) is 0 Å². The van der Waals surface area contributed by atoms with E-state index in [1.54, 1.807) is 0 Å². The van der Waals surface area contributed by atoms with Gasteiger partial charge in [-0.1, -0.05) is 35.5 Å². The minimum atomic E-state index is 1.15. The molecule has 0 saturated carbocycles. The van der Waals surface area contributed by atoms with Crippen molar-refractivity contribution in [3.8, 4) is 0 Å². The minimum Gasteiger partial charge on any atom is -0.0908 e. The second-order valence-electron chi connectivity index (χ2n) is 2.68. The highest BCUT2D eigenvalue weighted by atomic mass is 28.1. The average Bonchev–Trinajstić information content (AvgIpc) is 1.93. The molecule has 0 aliphatic heterocycles. The van der Waals surface area contributed by atoms with Crippen molar-refractivity contribution in [2.24, 2.45) is 0 Å². The largest absolute Gasteiger partial charge is 0.0908 e. The molecule has 0 unspecified atom stereocenters. The van der Waals surface area contributed by atoms with Crippen molar-refractivity contribution in [3.63, 3.8) is 0 Å². The highest BCUT2D eigenvalue weighted by Crippen LogP contribution is 2.09. The highest BCUT2D eigenvalue weighted by molar-refractivity contribution is 6.23. The van der Waals surface area contributed by atoms with Crippen molar-refractivity contribution in [1.29, 1.82) is 0 Å². The Morgan fingerprint density at radius 3 is 2.55 bits per heavy atom. The van der Waals surface area contributed by atoms with E-state index in [2.05, 4.69) is 41.4 Å². The van der Waals surface area contributed by atoms with E-state index >= 15 is 0 Å². The Hall–Kier alpha value is -0.823. The Morgan fingerprint density at radius 2 is 2.00 bits per heavy atom. The Bertz CT molecular complexity index is 270. The van der Waals surface area contributed by atoms with Crippen LogP contribution in [0.1, 0.15) is 18.1 Å². The summed E-state index contributed by atoms with van der Waals surface area (Å²) in [5.41, 5.74) is 2.59. The lowest BCUT2D eigenvalue weighted by atomic mass is 10.1. The van der Waals surface area contributed by atoms with Crippen molar-refractivity contribution in [1.82, 2.24) is 0 Å². The van der Waals surface area contributed by atoms with Gasteiger partial charge in [0.25, 0.3) is 0 Å². The molecular weight excluding hydrogens is 148 g/mol. The SMILES string of the molecule is CC([Si])=Cc1ccccc1C. The topological polar surface area (TPSA) is 0 Å². The second-order valence-corrected chi connectivity index (χ2v) is 3.47. The molecule has 0 heterocycles. The zero-order valence-electron chi connectivity index (χ0n) is 6.89. The third kappa shape index (κ3) is 2.35. The van der Waals surface area contributed by atoms with E-state index in [1.807, 2.05) is 13.0 Å². The normalized spacial score (nSPS) is 11.7. The minimum absolute atomic E-state index is 1.15. The van der Waals surface area contributed by atoms with Crippen LogP contribution in [0.5, 0.6) is 0 Å². The van der Waals surface area contributed by atoms with E-state index in [9.17, 15) is 0 Å². The van der Waals surface area contributed by atoms with Crippen molar-refractivity contribution in [2.75, 3.05) is 0 Å². The lowest BCUT2D eigenvalue weighted by molar-refractivity contribution is 1.44. The van der Waals surface area contributed by atoms with E-state index < -0.39 is 0 Å². The molecule has 0 aliphatic carbocycles. The molecule has 3 radical (unpaired) electrons. The lowest BCUT2D eigenvalue weighted by Crippen LogP contribution is -1.80. The Kier molecular flexibility index (Phi) is 2.66.